The van der Waals surface area contributed by atoms with Crippen molar-refractivity contribution in [2.45, 2.75) is 45.7 Å². The van der Waals surface area contributed by atoms with Crippen LogP contribution in [-0.4, -0.2) is 35.6 Å². The number of carbonyl (C=O) groups excluding carboxylic acids is 1. The second-order valence-electron chi connectivity index (χ2n) is 7.35. The molecule has 2 atom stereocenters. The third-order valence-electron chi connectivity index (χ3n) is 5.40. The third-order valence-corrected chi connectivity index (χ3v) is 5.40. The van der Waals surface area contributed by atoms with Crippen molar-refractivity contribution in [1.29, 1.82) is 0 Å². The van der Waals surface area contributed by atoms with E-state index in [0.29, 0.717) is 17.7 Å². The summed E-state index contributed by atoms with van der Waals surface area (Å²) in [6, 6.07) is 2.08. The van der Waals surface area contributed by atoms with Crippen molar-refractivity contribution < 1.29 is 9.53 Å². The first-order chi connectivity index (χ1) is 11.5. The Hall–Kier alpha value is -2.04. The largest absolute Gasteiger partial charge is 0.495 e. The topological polar surface area (TPSA) is 54.5 Å². The highest BCUT2D eigenvalue weighted by atomic mass is 16.5. The molecule has 1 spiro atoms. The van der Waals surface area contributed by atoms with Crippen LogP contribution in [0.1, 0.15) is 45.2 Å². The molecule has 1 aliphatic heterocycles. The van der Waals surface area contributed by atoms with Crippen LogP contribution in [0.4, 0.5) is 4.79 Å². The van der Waals surface area contributed by atoms with Crippen molar-refractivity contribution in [3.05, 3.63) is 36.2 Å². The number of pyridine rings is 1. The maximum Gasteiger partial charge on any atom is 0.318 e. The van der Waals surface area contributed by atoms with Crippen molar-refractivity contribution in [3.63, 3.8) is 0 Å². The summed E-state index contributed by atoms with van der Waals surface area (Å²) in [5.41, 5.74) is 1.21. The molecule has 5 heteroatoms. The second kappa shape index (κ2) is 6.46. The Balaban J connectivity index is 1.69. The van der Waals surface area contributed by atoms with Crippen molar-refractivity contribution in [3.8, 4) is 5.75 Å². The number of amides is 2. The van der Waals surface area contributed by atoms with Crippen LogP contribution in [0.2, 0.25) is 0 Å². The molecule has 2 unspecified atom stereocenters. The highest BCUT2D eigenvalue weighted by molar-refractivity contribution is 5.76. The standard InChI is InChI=1S/C19H27N3O2/c1-13(2)17-19(8-5-6-9-19)12-22(17)18(23)21-14(3)15-7-10-20-11-16(15)24-4/h5-7,10-11,13-14,17H,8-9,12H2,1-4H3,(H,21,23). The first-order valence-electron chi connectivity index (χ1n) is 8.68. The molecule has 0 aromatic carbocycles. The molecule has 1 aliphatic carbocycles. The zero-order chi connectivity index (χ0) is 17.3. The minimum absolute atomic E-state index is 0.0117. The molecular formula is C19H27N3O2. The van der Waals surface area contributed by atoms with E-state index in [0.717, 1.165) is 24.9 Å². The van der Waals surface area contributed by atoms with Crippen LogP contribution >= 0.6 is 0 Å². The Labute approximate surface area is 144 Å². The average molecular weight is 329 g/mol. The van der Waals surface area contributed by atoms with Gasteiger partial charge in [-0.15, -0.1) is 0 Å². The van der Waals surface area contributed by atoms with Gasteiger partial charge in [-0.2, -0.15) is 0 Å². The number of urea groups is 1. The molecular weight excluding hydrogens is 302 g/mol. The Bertz CT molecular complexity index is 633. The van der Waals surface area contributed by atoms with Crippen LogP contribution in [0.15, 0.2) is 30.6 Å². The third kappa shape index (κ3) is 2.76. The van der Waals surface area contributed by atoms with Crippen LogP contribution < -0.4 is 10.1 Å². The average Bonchev–Trinajstić information content (AvgIpc) is 3.03. The molecule has 0 radical (unpaired) electrons. The zero-order valence-electron chi connectivity index (χ0n) is 15.0. The van der Waals surface area contributed by atoms with Crippen LogP contribution in [0.25, 0.3) is 0 Å². The monoisotopic (exact) mass is 329 g/mol. The number of methoxy groups -OCH3 is 1. The highest BCUT2D eigenvalue weighted by Crippen LogP contribution is 2.50. The van der Waals surface area contributed by atoms with Gasteiger partial charge in [0.25, 0.3) is 0 Å². The molecule has 2 amide bonds. The van der Waals surface area contributed by atoms with E-state index < -0.39 is 0 Å². The molecule has 3 rings (SSSR count). The van der Waals surface area contributed by atoms with E-state index in [1.807, 2.05) is 17.9 Å². The van der Waals surface area contributed by atoms with Crippen LogP contribution in [0.5, 0.6) is 5.75 Å². The number of rotatable bonds is 4. The summed E-state index contributed by atoms with van der Waals surface area (Å²) in [6.07, 6.45) is 10.1. The number of nitrogens with zero attached hydrogens (tertiary/aromatic N) is 2. The predicted molar refractivity (Wildman–Crippen MR) is 93.9 cm³/mol. The fourth-order valence-corrected chi connectivity index (χ4v) is 4.37. The summed E-state index contributed by atoms with van der Waals surface area (Å²) in [7, 11) is 1.62. The lowest BCUT2D eigenvalue weighted by atomic mass is 9.65. The van der Waals surface area contributed by atoms with Gasteiger partial charge in [-0.05, 0) is 31.7 Å². The van der Waals surface area contributed by atoms with Crippen LogP contribution in [-0.2, 0) is 0 Å². The summed E-state index contributed by atoms with van der Waals surface area (Å²) in [5.74, 6) is 1.15. The van der Waals surface area contributed by atoms with Gasteiger partial charge in [0.15, 0.2) is 0 Å². The quantitative estimate of drug-likeness (QED) is 0.860. The number of likely N-dealkylation sites (tertiary alicyclic amines) is 1. The van der Waals surface area contributed by atoms with E-state index in [-0.39, 0.29) is 17.5 Å². The lowest BCUT2D eigenvalue weighted by Gasteiger charge is -2.58. The van der Waals surface area contributed by atoms with E-state index in [2.05, 4.69) is 36.3 Å². The number of carbonyl (C=O) groups is 1. The van der Waals surface area contributed by atoms with Gasteiger partial charge in [-0.1, -0.05) is 26.0 Å². The van der Waals surface area contributed by atoms with Gasteiger partial charge in [0, 0.05) is 29.8 Å². The normalized spacial score (nSPS) is 22.5. The number of hydrogen-bond donors (Lipinski definition) is 1. The first kappa shape index (κ1) is 16.8. The maximum absolute atomic E-state index is 12.8. The van der Waals surface area contributed by atoms with E-state index in [1.165, 1.54) is 0 Å². The smallest absolute Gasteiger partial charge is 0.318 e. The van der Waals surface area contributed by atoms with Gasteiger partial charge < -0.3 is 15.0 Å². The number of nitrogens with one attached hydrogen (secondary N) is 1. The maximum atomic E-state index is 12.8. The molecule has 130 valence electrons. The molecule has 1 aromatic heterocycles. The molecule has 2 aliphatic rings. The van der Waals surface area contributed by atoms with Gasteiger partial charge in [-0.3, -0.25) is 4.98 Å². The summed E-state index contributed by atoms with van der Waals surface area (Å²) >= 11 is 0. The molecule has 0 bridgehead atoms. The van der Waals surface area contributed by atoms with Gasteiger partial charge in [0.2, 0.25) is 0 Å². The number of aromatic nitrogens is 1. The molecule has 1 N–H and O–H groups in total. The van der Waals surface area contributed by atoms with E-state index >= 15 is 0 Å². The lowest BCUT2D eigenvalue weighted by Crippen LogP contribution is -2.69. The summed E-state index contributed by atoms with van der Waals surface area (Å²) in [5, 5.41) is 3.12. The van der Waals surface area contributed by atoms with Crippen molar-refractivity contribution >= 4 is 6.03 Å². The summed E-state index contributed by atoms with van der Waals surface area (Å²) < 4.78 is 5.35. The van der Waals surface area contributed by atoms with Crippen molar-refractivity contribution in [2.24, 2.45) is 11.3 Å². The van der Waals surface area contributed by atoms with Crippen molar-refractivity contribution in [1.82, 2.24) is 15.2 Å². The lowest BCUT2D eigenvalue weighted by molar-refractivity contribution is -0.0581. The number of ether oxygens (including phenoxy) is 1. The zero-order valence-corrected chi connectivity index (χ0v) is 15.0. The van der Waals surface area contributed by atoms with E-state index in [9.17, 15) is 4.79 Å². The van der Waals surface area contributed by atoms with Gasteiger partial charge in [-0.25, -0.2) is 4.79 Å². The Morgan fingerprint density at radius 1 is 1.38 bits per heavy atom. The molecule has 1 fully saturated rings. The minimum atomic E-state index is -0.124. The van der Waals surface area contributed by atoms with Crippen molar-refractivity contribution in [2.75, 3.05) is 13.7 Å². The Morgan fingerprint density at radius 2 is 2.08 bits per heavy atom. The fraction of sp³-hybridized carbons (Fsp3) is 0.579. The molecule has 0 saturated carbocycles. The molecule has 2 heterocycles. The fourth-order valence-electron chi connectivity index (χ4n) is 4.37. The molecule has 1 aromatic rings. The number of allylic oxidation sites excluding steroid dienone is 2. The summed E-state index contributed by atoms with van der Waals surface area (Å²) in [4.78, 5) is 18.9. The van der Waals surface area contributed by atoms with Gasteiger partial charge in [0.05, 0.1) is 19.3 Å². The molecule has 24 heavy (non-hydrogen) atoms. The summed E-state index contributed by atoms with van der Waals surface area (Å²) in [6.45, 7) is 7.24. The van der Waals surface area contributed by atoms with Crippen LogP contribution in [0, 0.1) is 11.3 Å². The first-order valence-corrected chi connectivity index (χ1v) is 8.68. The predicted octanol–water partition coefficient (Wildman–Crippen LogP) is 3.54. The SMILES string of the molecule is COc1cnccc1C(C)NC(=O)N1CC2(CC=CC2)C1C(C)C. The molecule has 5 nitrogen and oxygen atoms in total. The molecule has 1 saturated heterocycles. The van der Waals surface area contributed by atoms with E-state index in [4.69, 9.17) is 4.74 Å². The van der Waals surface area contributed by atoms with Gasteiger partial charge >= 0.3 is 6.03 Å². The van der Waals surface area contributed by atoms with Crippen LogP contribution in [0.3, 0.4) is 0 Å². The number of hydrogen-bond acceptors (Lipinski definition) is 3. The second-order valence-corrected chi connectivity index (χ2v) is 7.35. The highest BCUT2D eigenvalue weighted by Gasteiger charge is 2.55. The Morgan fingerprint density at radius 3 is 2.71 bits per heavy atom. The Kier molecular flexibility index (Phi) is 4.52. The minimum Gasteiger partial charge on any atom is -0.495 e. The van der Waals surface area contributed by atoms with E-state index in [1.54, 1.807) is 19.5 Å². The van der Waals surface area contributed by atoms with Gasteiger partial charge in [0.1, 0.15) is 5.75 Å².